The maximum absolute atomic E-state index is 12.6. The Morgan fingerprint density at radius 3 is 2.42 bits per heavy atom. The van der Waals surface area contributed by atoms with Crippen molar-refractivity contribution in [3.63, 3.8) is 0 Å². The fraction of sp³-hybridized carbons (Fsp3) is 0.318. The first kappa shape index (κ1) is 22.7. The highest BCUT2D eigenvalue weighted by Gasteiger charge is 2.20. The summed E-state index contributed by atoms with van der Waals surface area (Å²) >= 11 is 0. The summed E-state index contributed by atoms with van der Waals surface area (Å²) in [5, 5.41) is 6.46. The second-order valence-electron chi connectivity index (χ2n) is 7.62. The molecule has 0 saturated carbocycles. The summed E-state index contributed by atoms with van der Waals surface area (Å²) in [5.41, 5.74) is 2.00. The van der Waals surface area contributed by atoms with Gasteiger partial charge in [0.05, 0.1) is 29.4 Å². The summed E-state index contributed by atoms with van der Waals surface area (Å²) in [6, 6.07) is 9.06. The average Bonchev–Trinajstić information content (AvgIpc) is 3.12. The van der Waals surface area contributed by atoms with Gasteiger partial charge in [-0.05, 0) is 44.2 Å². The number of hydrogen-bond acceptors (Lipinski definition) is 8. The molecule has 0 atom stereocenters. The predicted molar refractivity (Wildman–Crippen MR) is 120 cm³/mol. The first-order valence-corrected chi connectivity index (χ1v) is 11.9. The van der Waals surface area contributed by atoms with E-state index in [-0.39, 0.29) is 22.8 Å². The van der Waals surface area contributed by atoms with E-state index in [4.69, 9.17) is 14.0 Å². The fourth-order valence-electron chi connectivity index (χ4n) is 3.16. The fourth-order valence-corrected chi connectivity index (χ4v) is 4.21. The minimum atomic E-state index is -3.87. The molecule has 11 heteroatoms. The van der Waals surface area contributed by atoms with Crippen molar-refractivity contribution in [2.75, 3.05) is 23.3 Å². The Labute approximate surface area is 191 Å². The molecule has 1 saturated heterocycles. The predicted octanol–water partition coefficient (Wildman–Crippen LogP) is 3.30. The highest BCUT2D eigenvalue weighted by Crippen LogP contribution is 2.23. The van der Waals surface area contributed by atoms with Crippen LogP contribution in [0.5, 0.6) is 5.88 Å². The smallest absolute Gasteiger partial charge is 0.264 e. The first-order chi connectivity index (χ1) is 15.8. The Hall–Kier alpha value is -3.44. The molecule has 0 radical (unpaired) electrons. The molecule has 174 valence electrons. The number of anilines is 2. The largest absolute Gasteiger partial charge is 0.474 e. The van der Waals surface area contributed by atoms with E-state index in [1.54, 1.807) is 26.0 Å². The Kier molecular flexibility index (Phi) is 6.61. The molecule has 3 heterocycles. The molecule has 2 aromatic heterocycles. The standard InChI is InChI=1S/C22H24N4O6S/c1-14-15(2)25-32-22(14)26-33(28,29)19-6-4-17(5-7-19)24-21(27)16-3-8-20(23-13-16)31-18-9-11-30-12-10-18/h3-8,13,18,26H,9-12H2,1-2H3,(H,24,27). The van der Waals surface area contributed by atoms with E-state index in [0.717, 1.165) is 12.8 Å². The number of rotatable bonds is 7. The van der Waals surface area contributed by atoms with E-state index in [1.165, 1.54) is 30.5 Å². The maximum atomic E-state index is 12.6. The summed E-state index contributed by atoms with van der Waals surface area (Å²) in [7, 11) is -3.87. The van der Waals surface area contributed by atoms with Crippen LogP contribution in [0.3, 0.4) is 0 Å². The topological polar surface area (TPSA) is 133 Å². The lowest BCUT2D eigenvalue weighted by atomic mass is 10.1. The van der Waals surface area contributed by atoms with Gasteiger partial charge in [-0.3, -0.25) is 4.79 Å². The Balaban J connectivity index is 1.37. The van der Waals surface area contributed by atoms with Gasteiger partial charge in [-0.1, -0.05) is 5.16 Å². The van der Waals surface area contributed by atoms with Gasteiger partial charge in [0.15, 0.2) is 0 Å². The van der Waals surface area contributed by atoms with Crippen LogP contribution in [0.2, 0.25) is 0 Å². The molecule has 1 fully saturated rings. The van der Waals surface area contributed by atoms with E-state index in [0.29, 0.717) is 41.6 Å². The van der Waals surface area contributed by atoms with Crippen molar-refractivity contribution in [1.82, 2.24) is 10.1 Å². The number of aromatic nitrogens is 2. The number of carbonyl (C=O) groups excluding carboxylic acids is 1. The molecule has 0 unspecified atom stereocenters. The normalized spacial score (nSPS) is 14.6. The number of carbonyl (C=O) groups is 1. The first-order valence-electron chi connectivity index (χ1n) is 10.4. The zero-order valence-electron chi connectivity index (χ0n) is 18.2. The Bertz CT molecular complexity index is 1220. The molecule has 33 heavy (non-hydrogen) atoms. The van der Waals surface area contributed by atoms with Crippen molar-refractivity contribution in [1.29, 1.82) is 0 Å². The van der Waals surface area contributed by atoms with Crippen molar-refractivity contribution in [3.05, 3.63) is 59.4 Å². The van der Waals surface area contributed by atoms with Crippen LogP contribution in [0.1, 0.15) is 34.5 Å². The lowest BCUT2D eigenvalue weighted by Gasteiger charge is -2.22. The lowest BCUT2D eigenvalue weighted by molar-refractivity contribution is 0.0237. The molecule has 0 spiro atoms. The molecular weight excluding hydrogens is 448 g/mol. The van der Waals surface area contributed by atoms with E-state index in [9.17, 15) is 13.2 Å². The third kappa shape index (κ3) is 5.49. The summed E-state index contributed by atoms with van der Waals surface area (Å²) in [5.74, 6) is 0.154. The van der Waals surface area contributed by atoms with Crippen LogP contribution in [-0.2, 0) is 14.8 Å². The average molecular weight is 473 g/mol. The van der Waals surface area contributed by atoms with Crippen LogP contribution < -0.4 is 14.8 Å². The second kappa shape index (κ2) is 9.59. The maximum Gasteiger partial charge on any atom is 0.264 e. The molecule has 4 rings (SSSR count). The van der Waals surface area contributed by atoms with Crippen LogP contribution in [0, 0.1) is 13.8 Å². The van der Waals surface area contributed by atoms with Crippen molar-refractivity contribution in [3.8, 4) is 5.88 Å². The van der Waals surface area contributed by atoms with Crippen LogP contribution in [0.25, 0.3) is 0 Å². The van der Waals surface area contributed by atoms with Gasteiger partial charge in [-0.2, -0.15) is 0 Å². The Morgan fingerprint density at radius 1 is 1.09 bits per heavy atom. The Morgan fingerprint density at radius 2 is 1.82 bits per heavy atom. The van der Waals surface area contributed by atoms with Gasteiger partial charge in [-0.25, -0.2) is 18.1 Å². The van der Waals surface area contributed by atoms with Crippen LogP contribution >= 0.6 is 0 Å². The molecule has 10 nitrogen and oxygen atoms in total. The van der Waals surface area contributed by atoms with E-state index in [1.807, 2.05) is 0 Å². The lowest BCUT2D eigenvalue weighted by Crippen LogP contribution is -2.26. The third-order valence-electron chi connectivity index (χ3n) is 5.26. The SMILES string of the molecule is Cc1noc(NS(=O)(=O)c2ccc(NC(=O)c3ccc(OC4CCOCC4)nc3)cc2)c1C. The van der Waals surface area contributed by atoms with Crippen molar-refractivity contribution in [2.24, 2.45) is 0 Å². The third-order valence-corrected chi connectivity index (χ3v) is 6.61. The highest BCUT2D eigenvalue weighted by atomic mass is 32.2. The summed E-state index contributed by atoms with van der Waals surface area (Å²) in [6.45, 7) is 4.76. The van der Waals surface area contributed by atoms with Gasteiger partial charge in [-0.15, -0.1) is 0 Å². The van der Waals surface area contributed by atoms with Gasteiger partial charge in [0.1, 0.15) is 6.10 Å². The zero-order valence-corrected chi connectivity index (χ0v) is 19.0. The van der Waals surface area contributed by atoms with Gasteiger partial charge < -0.3 is 19.3 Å². The minimum absolute atomic E-state index is 0.0187. The van der Waals surface area contributed by atoms with Crippen LogP contribution in [0.15, 0.2) is 52.0 Å². The van der Waals surface area contributed by atoms with Crippen molar-refractivity contribution >= 4 is 27.5 Å². The molecular formula is C22H24N4O6S. The monoisotopic (exact) mass is 472 g/mol. The molecule has 0 aliphatic carbocycles. The van der Waals surface area contributed by atoms with E-state index >= 15 is 0 Å². The van der Waals surface area contributed by atoms with Gasteiger partial charge in [0, 0.05) is 36.4 Å². The number of ether oxygens (including phenoxy) is 2. The van der Waals surface area contributed by atoms with Gasteiger partial charge >= 0.3 is 0 Å². The van der Waals surface area contributed by atoms with E-state index in [2.05, 4.69) is 20.2 Å². The molecule has 2 N–H and O–H groups in total. The number of benzene rings is 1. The van der Waals surface area contributed by atoms with E-state index < -0.39 is 10.0 Å². The quantitative estimate of drug-likeness (QED) is 0.535. The minimum Gasteiger partial charge on any atom is -0.474 e. The number of nitrogens with one attached hydrogen (secondary N) is 2. The summed E-state index contributed by atoms with van der Waals surface area (Å²) in [6.07, 6.45) is 3.12. The second-order valence-corrected chi connectivity index (χ2v) is 9.30. The zero-order chi connectivity index (χ0) is 23.4. The van der Waals surface area contributed by atoms with Crippen molar-refractivity contribution in [2.45, 2.75) is 37.7 Å². The van der Waals surface area contributed by atoms with Crippen LogP contribution in [-0.4, -0.2) is 43.8 Å². The highest BCUT2D eigenvalue weighted by molar-refractivity contribution is 7.92. The van der Waals surface area contributed by atoms with Crippen LogP contribution in [0.4, 0.5) is 11.6 Å². The summed E-state index contributed by atoms with van der Waals surface area (Å²) < 4.78 is 43.7. The number of nitrogens with zero attached hydrogens (tertiary/aromatic N) is 2. The number of hydrogen-bond donors (Lipinski definition) is 2. The summed E-state index contributed by atoms with van der Waals surface area (Å²) in [4.78, 5) is 16.7. The van der Waals surface area contributed by atoms with Gasteiger partial charge in [0.25, 0.3) is 15.9 Å². The number of sulfonamides is 1. The molecule has 0 bridgehead atoms. The van der Waals surface area contributed by atoms with Crippen molar-refractivity contribution < 1.29 is 27.2 Å². The van der Waals surface area contributed by atoms with Gasteiger partial charge in [0.2, 0.25) is 11.8 Å². The molecule has 1 aromatic carbocycles. The number of aryl methyl sites for hydroxylation is 1. The molecule has 1 amide bonds. The molecule has 1 aliphatic rings. The molecule has 1 aliphatic heterocycles. The molecule has 3 aromatic rings. The number of pyridine rings is 1. The number of amides is 1.